The maximum Gasteiger partial charge on any atom is 0.407 e. The van der Waals surface area contributed by atoms with Crippen molar-refractivity contribution in [2.24, 2.45) is 0 Å². The maximum absolute atomic E-state index is 11.5. The minimum atomic E-state index is -0.440. The second-order valence-electron chi connectivity index (χ2n) is 5.27. The van der Waals surface area contributed by atoms with E-state index >= 15 is 0 Å². The van der Waals surface area contributed by atoms with E-state index in [4.69, 9.17) is 18.9 Å². The Labute approximate surface area is 137 Å². The van der Waals surface area contributed by atoms with Crippen LogP contribution in [0.5, 0.6) is 0 Å². The highest BCUT2D eigenvalue weighted by atomic mass is 16.7. The summed E-state index contributed by atoms with van der Waals surface area (Å²) < 4.78 is 21.5. The zero-order chi connectivity index (χ0) is 16.2. The van der Waals surface area contributed by atoms with Crippen LogP contribution < -0.4 is 5.32 Å². The van der Waals surface area contributed by atoms with Crippen LogP contribution in [0.15, 0.2) is 30.3 Å². The summed E-state index contributed by atoms with van der Waals surface area (Å²) in [7, 11) is 0. The maximum atomic E-state index is 11.5. The zero-order valence-electron chi connectivity index (χ0n) is 13.4. The quantitative estimate of drug-likeness (QED) is 0.707. The Morgan fingerprint density at radius 1 is 1.17 bits per heavy atom. The molecular formula is C17H25NO5. The van der Waals surface area contributed by atoms with Crippen molar-refractivity contribution in [3.63, 3.8) is 0 Å². The smallest absolute Gasteiger partial charge is 0.407 e. The SMILES string of the molecule is O=C(NCCOCCOC1CCCCO1)OCc1ccccc1. The van der Waals surface area contributed by atoms with Gasteiger partial charge in [0.15, 0.2) is 6.29 Å². The summed E-state index contributed by atoms with van der Waals surface area (Å²) in [5, 5.41) is 2.64. The number of benzene rings is 1. The van der Waals surface area contributed by atoms with Crippen LogP contribution in [0.25, 0.3) is 0 Å². The number of hydrogen-bond donors (Lipinski definition) is 1. The minimum Gasteiger partial charge on any atom is -0.445 e. The second kappa shape index (κ2) is 11.0. The average molecular weight is 323 g/mol. The van der Waals surface area contributed by atoms with Crippen molar-refractivity contribution < 1.29 is 23.7 Å². The molecule has 23 heavy (non-hydrogen) atoms. The van der Waals surface area contributed by atoms with Gasteiger partial charge in [0.05, 0.1) is 19.8 Å². The fourth-order valence-electron chi connectivity index (χ4n) is 2.18. The van der Waals surface area contributed by atoms with Gasteiger partial charge in [0.1, 0.15) is 6.61 Å². The Kier molecular flexibility index (Phi) is 8.47. The lowest BCUT2D eigenvalue weighted by Gasteiger charge is -2.22. The highest BCUT2D eigenvalue weighted by Crippen LogP contribution is 2.13. The number of nitrogens with one attached hydrogen (secondary N) is 1. The molecule has 6 nitrogen and oxygen atoms in total. The molecule has 128 valence electrons. The van der Waals surface area contributed by atoms with Gasteiger partial charge in [-0.3, -0.25) is 0 Å². The molecule has 0 spiro atoms. The predicted molar refractivity (Wildman–Crippen MR) is 85.0 cm³/mol. The van der Waals surface area contributed by atoms with Gasteiger partial charge in [-0.25, -0.2) is 4.79 Å². The first-order chi connectivity index (χ1) is 11.3. The summed E-state index contributed by atoms with van der Waals surface area (Å²) >= 11 is 0. The Morgan fingerprint density at radius 3 is 2.83 bits per heavy atom. The molecule has 2 rings (SSSR count). The summed E-state index contributed by atoms with van der Waals surface area (Å²) in [6.07, 6.45) is 2.69. The van der Waals surface area contributed by atoms with Crippen molar-refractivity contribution in [1.29, 1.82) is 0 Å². The van der Waals surface area contributed by atoms with Crippen LogP contribution in [0.3, 0.4) is 0 Å². The number of alkyl carbamates (subject to hydrolysis) is 1. The van der Waals surface area contributed by atoms with Crippen LogP contribution >= 0.6 is 0 Å². The van der Waals surface area contributed by atoms with Gasteiger partial charge in [0.2, 0.25) is 0 Å². The van der Waals surface area contributed by atoms with E-state index in [0.29, 0.717) is 26.4 Å². The molecule has 0 aliphatic carbocycles. The summed E-state index contributed by atoms with van der Waals surface area (Å²) in [6, 6.07) is 9.56. The van der Waals surface area contributed by atoms with E-state index in [2.05, 4.69) is 5.32 Å². The third kappa shape index (κ3) is 7.97. The zero-order valence-corrected chi connectivity index (χ0v) is 13.4. The van der Waals surface area contributed by atoms with E-state index in [1.807, 2.05) is 30.3 Å². The summed E-state index contributed by atoms with van der Waals surface area (Å²) in [6.45, 7) is 2.87. The molecule has 1 atom stereocenters. The molecule has 1 aromatic rings. The number of hydrogen-bond acceptors (Lipinski definition) is 5. The molecule has 1 amide bonds. The molecule has 1 aliphatic rings. The Morgan fingerprint density at radius 2 is 2.04 bits per heavy atom. The molecule has 6 heteroatoms. The van der Waals surface area contributed by atoms with Crippen molar-refractivity contribution in [3.05, 3.63) is 35.9 Å². The summed E-state index contributed by atoms with van der Waals surface area (Å²) in [4.78, 5) is 11.5. The van der Waals surface area contributed by atoms with Crippen LogP contribution in [0, 0.1) is 0 Å². The normalized spacial score (nSPS) is 17.7. The number of rotatable bonds is 9. The first-order valence-corrected chi connectivity index (χ1v) is 8.10. The van der Waals surface area contributed by atoms with Gasteiger partial charge in [-0.2, -0.15) is 0 Å². The molecule has 1 unspecified atom stereocenters. The first-order valence-electron chi connectivity index (χ1n) is 8.10. The molecule has 0 bridgehead atoms. The van der Waals surface area contributed by atoms with Crippen molar-refractivity contribution >= 4 is 6.09 Å². The predicted octanol–water partition coefficient (Wildman–Crippen LogP) is 2.47. The molecule has 1 aromatic carbocycles. The van der Waals surface area contributed by atoms with E-state index in [1.165, 1.54) is 0 Å². The second-order valence-corrected chi connectivity index (χ2v) is 5.27. The lowest BCUT2D eigenvalue weighted by molar-refractivity contribution is -0.168. The molecule has 0 aromatic heterocycles. The lowest BCUT2D eigenvalue weighted by Crippen LogP contribution is -2.28. The fourth-order valence-corrected chi connectivity index (χ4v) is 2.18. The largest absolute Gasteiger partial charge is 0.445 e. The fraction of sp³-hybridized carbons (Fsp3) is 0.588. The van der Waals surface area contributed by atoms with Crippen LogP contribution in [0.4, 0.5) is 4.79 Å². The van der Waals surface area contributed by atoms with Gasteiger partial charge < -0.3 is 24.3 Å². The molecule has 0 radical (unpaired) electrons. The summed E-state index contributed by atoms with van der Waals surface area (Å²) in [5.74, 6) is 0. The van der Waals surface area contributed by atoms with Gasteiger partial charge in [0.25, 0.3) is 0 Å². The lowest BCUT2D eigenvalue weighted by atomic mass is 10.2. The van der Waals surface area contributed by atoms with Gasteiger partial charge in [-0.1, -0.05) is 30.3 Å². The van der Waals surface area contributed by atoms with E-state index in [1.54, 1.807) is 0 Å². The molecule has 1 N–H and O–H groups in total. The number of amides is 1. The van der Waals surface area contributed by atoms with Crippen molar-refractivity contribution in [2.75, 3.05) is 33.0 Å². The molecule has 0 saturated carbocycles. The Balaban J connectivity index is 1.40. The molecule has 1 heterocycles. The third-order valence-corrected chi connectivity index (χ3v) is 3.40. The standard InChI is InChI=1S/C17H25NO5/c19-17(23-14-15-6-2-1-3-7-15)18-9-11-20-12-13-22-16-8-4-5-10-21-16/h1-3,6-7,16H,4-5,8-14H2,(H,18,19). The van der Waals surface area contributed by atoms with Gasteiger partial charge in [-0.05, 0) is 24.8 Å². The van der Waals surface area contributed by atoms with E-state index in [0.717, 1.165) is 31.4 Å². The van der Waals surface area contributed by atoms with Crippen LogP contribution in [0.1, 0.15) is 24.8 Å². The van der Waals surface area contributed by atoms with Gasteiger partial charge >= 0.3 is 6.09 Å². The van der Waals surface area contributed by atoms with Crippen molar-refractivity contribution in [2.45, 2.75) is 32.2 Å². The first kappa shape index (κ1) is 17.7. The molecule has 1 fully saturated rings. The number of ether oxygens (including phenoxy) is 4. The number of carbonyl (C=O) groups is 1. The Hall–Kier alpha value is -1.63. The third-order valence-electron chi connectivity index (χ3n) is 3.40. The van der Waals surface area contributed by atoms with Crippen molar-refractivity contribution in [1.82, 2.24) is 5.32 Å². The van der Waals surface area contributed by atoms with E-state index in [-0.39, 0.29) is 12.9 Å². The minimum absolute atomic E-state index is 0.0848. The topological polar surface area (TPSA) is 66.0 Å². The Bertz CT molecular complexity index is 434. The monoisotopic (exact) mass is 323 g/mol. The molecule has 1 saturated heterocycles. The van der Waals surface area contributed by atoms with Crippen molar-refractivity contribution in [3.8, 4) is 0 Å². The van der Waals surface area contributed by atoms with Crippen LogP contribution in [0.2, 0.25) is 0 Å². The van der Waals surface area contributed by atoms with Crippen LogP contribution in [-0.4, -0.2) is 45.4 Å². The highest BCUT2D eigenvalue weighted by Gasteiger charge is 2.13. The average Bonchev–Trinajstić information content (AvgIpc) is 2.61. The van der Waals surface area contributed by atoms with Gasteiger partial charge in [-0.15, -0.1) is 0 Å². The molecular weight excluding hydrogens is 298 g/mol. The van der Waals surface area contributed by atoms with E-state index in [9.17, 15) is 4.79 Å². The summed E-state index contributed by atoms with van der Waals surface area (Å²) in [5.41, 5.74) is 0.959. The van der Waals surface area contributed by atoms with Gasteiger partial charge in [0, 0.05) is 13.2 Å². The highest BCUT2D eigenvalue weighted by molar-refractivity contribution is 5.67. The number of carbonyl (C=O) groups excluding carboxylic acids is 1. The molecule has 1 aliphatic heterocycles. The van der Waals surface area contributed by atoms with Crippen LogP contribution in [-0.2, 0) is 25.6 Å². The van der Waals surface area contributed by atoms with E-state index < -0.39 is 6.09 Å².